The first-order valence-electron chi connectivity index (χ1n) is 44.5. The van der Waals surface area contributed by atoms with Crippen molar-refractivity contribution in [3.8, 4) is 0 Å². The third-order valence-corrected chi connectivity index (χ3v) is 22.1. The van der Waals surface area contributed by atoms with Crippen molar-refractivity contribution in [1.29, 1.82) is 0 Å². The van der Waals surface area contributed by atoms with E-state index in [-0.39, 0.29) is 25.7 Å². The zero-order valence-electron chi connectivity index (χ0n) is 69.0. The maximum Gasteiger partial charge on any atom is 0.472 e. The van der Waals surface area contributed by atoms with Crippen molar-refractivity contribution in [2.24, 2.45) is 11.8 Å². The Hall–Kier alpha value is -1.94. The SMILES string of the molecule is CCCCCCCCCCCCCCCCCCCCC(=O)OC[C@H](COP(=O)(O)OC[C@@H](O)COP(=O)(O)OC[C@@H](COC(=O)CCCCCCCCCCCC(C)C)OC(=O)CCCCCCCCCCCCCCCCC(C)C)OC(=O)CCCCCCCCCCCCCCCCCCCC. The second-order valence-electron chi connectivity index (χ2n) is 31.9. The van der Waals surface area contributed by atoms with Crippen molar-refractivity contribution < 1.29 is 80.2 Å². The summed E-state index contributed by atoms with van der Waals surface area (Å²) >= 11 is 0. The summed E-state index contributed by atoms with van der Waals surface area (Å²) in [5, 5.41) is 10.7. The Labute approximate surface area is 645 Å². The first-order chi connectivity index (χ1) is 50.9. The molecule has 3 N–H and O–H groups in total. The Morgan fingerprint density at radius 2 is 0.438 bits per heavy atom. The number of unbranched alkanes of at least 4 members (excludes halogenated alkanes) is 55. The highest BCUT2D eigenvalue weighted by molar-refractivity contribution is 7.47. The van der Waals surface area contributed by atoms with Gasteiger partial charge in [0.25, 0.3) is 0 Å². The zero-order chi connectivity index (χ0) is 77.1. The molecule has 0 aromatic rings. The second-order valence-corrected chi connectivity index (χ2v) is 34.8. The van der Waals surface area contributed by atoms with Gasteiger partial charge in [0.05, 0.1) is 26.4 Å². The third kappa shape index (κ3) is 79.9. The van der Waals surface area contributed by atoms with Crippen molar-refractivity contribution >= 4 is 39.5 Å². The summed E-state index contributed by atoms with van der Waals surface area (Å²) in [6, 6.07) is 0. The molecule has 0 aliphatic carbocycles. The van der Waals surface area contributed by atoms with Crippen molar-refractivity contribution in [3.05, 3.63) is 0 Å². The van der Waals surface area contributed by atoms with E-state index in [0.717, 1.165) is 102 Å². The van der Waals surface area contributed by atoms with E-state index in [1.807, 2.05) is 0 Å². The monoisotopic (exact) mass is 1540 g/mol. The molecule has 19 heteroatoms. The van der Waals surface area contributed by atoms with Gasteiger partial charge in [-0.25, -0.2) is 9.13 Å². The summed E-state index contributed by atoms with van der Waals surface area (Å²) in [5.74, 6) is -0.562. The van der Waals surface area contributed by atoms with Crippen LogP contribution in [0.2, 0.25) is 0 Å². The molecule has 0 aromatic heterocycles. The van der Waals surface area contributed by atoms with Gasteiger partial charge in [-0.15, -0.1) is 0 Å². The molecule has 0 spiro atoms. The van der Waals surface area contributed by atoms with Crippen LogP contribution in [0.3, 0.4) is 0 Å². The maximum absolute atomic E-state index is 13.1. The number of phosphoric ester groups is 2. The van der Waals surface area contributed by atoms with Crippen molar-refractivity contribution in [2.45, 2.75) is 477 Å². The van der Waals surface area contributed by atoms with E-state index in [2.05, 4.69) is 41.5 Å². The van der Waals surface area contributed by atoms with E-state index in [4.69, 9.17) is 37.0 Å². The summed E-state index contributed by atoms with van der Waals surface area (Å²) in [7, 11) is -9.93. The van der Waals surface area contributed by atoms with E-state index in [9.17, 15) is 43.2 Å². The lowest BCUT2D eigenvalue weighted by molar-refractivity contribution is -0.161. The Morgan fingerprint density at radius 1 is 0.257 bits per heavy atom. The van der Waals surface area contributed by atoms with E-state index in [1.54, 1.807) is 0 Å². The maximum atomic E-state index is 13.1. The van der Waals surface area contributed by atoms with E-state index < -0.39 is 97.5 Å². The van der Waals surface area contributed by atoms with Gasteiger partial charge in [0.2, 0.25) is 0 Å². The van der Waals surface area contributed by atoms with Gasteiger partial charge in [0.1, 0.15) is 19.3 Å². The van der Waals surface area contributed by atoms with Crippen molar-refractivity contribution in [3.63, 3.8) is 0 Å². The van der Waals surface area contributed by atoms with E-state index in [0.29, 0.717) is 25.7 Å². The van der Waals surface area contributed by atoms with Gasteiger partial charge in [-0.3, -0.25) is 37.3 Å². The Balaban J connectivity index is 5.26. The van der Waals surface area contributed by atoms with Crippen LogP contribution in [-0.2, 0) is 65.4 Å². The van der Waals surface area contributed by atoms with Gasteiger partial charge in [-0.2, -0.15) is 0 Å². The minimum absolute atomic E-state index is 0.107. The van der Waals surface area contributed by atoms with Crippen LogP contribution in [0.15, 0.2) is 0 Å². The van der Waals surface area contributed by atoms with Crippen LogP contribution in [0.5, 0.6) is 0 Å². The number of carbonyl (C=O) groups is 4. The molecule has 0 radical (unpaired) electrons. The fourth-order valence-electron chi connectivity index (χ4n) is 13.4. The minimum atomic E-state index is -4.97. The number of rotatable bonds is 85. The molecular formula is C86H168O17P2. The molecule has 2 unspecified atom stereocenters. The fourth-order valence-corrected chi connectivity index (χ4v) is 15.0. The lowest BCUT2D eigenvalue weighted by Crippen LogP contribution is -2.30. The molecule has 624 valence electrons. The molecule has 0 heterocycles. The largest absolute Gasteiger partial charge is 0.472 e. The molecule has 0 rings (SSSR count). The molecule has 0 amide bonds. The number of esters is 4. The number of hydrogen-bond acceptors (Lipinski definition) is 15. The molecule has 0 bridgehead atoms. The predicted octanol–water partition coefficient (Wildman–Crippen LogP) is 26.2. The van der Waals surface area contributed by atoms with Gasteiger partial charge < -0.3 is 33.8 Å². The molecule has 17 nitrogen and oxygen atoms in total. The highest BCUT2D eigenvalue weighted by Crippen LogP contribution is 2.45. The lowest BCUT2D eigenvalue weighted by Gasteiger charge is -2.21. The van der Waals surface area contributed by atoms with Crippen LogP contribution in [-0.4, -0.2) is 96.7 Å². The molecular weight excluding hydrogens is 1370 g/mol. The molecule has 0 fully saturated rings. The summed E-state index contributed by atoms with van der Waals surface area (Å²) < 4.78 is 68.9. The van der Waals surface area contributed by atoms with Gasteiger partial charge in [-0.1, -0.05) is 408 Å². The number of phosphoric acid groups is 2. The molecule has 0 aromatic carbocycles. The van der Waals surface area contributed by atoms with Crippen LogP contribution >= 0.6 is 15.6 Å². The highest BCUT2D eigenvalue weighted by Gasteiger charge is 2.30. The Bertz CT molecular complexity index is 2010. The number of aliphatic hydroxyl groups excluding tert-OH is 1. The van der Waals surface area contributed by atoms with E-state index in [1.165, 1.54) is 276 Å². The van der Waals surface area contributed by atoms with E-state index >= 15 is 0 Å². The average molecular weight is 1540 g/mol. The standard InChI is InChI=1S/C86H168O17P2/c1-7-9-11-13-15-17-19-21-23-25-27-29-34-38-44-50-56-62-68-83(88)96-74-81(102-85(90)70-64-58-52-45-39-35-30-28-26-24-22-20-18-16-14-12-10-8-2)76-100-104(92,93)98-72-80(87)73-99-105(94,95)101-77-82(75-97-84(89)69-63-57-51-47-41-43-49-55-61-67-79(5)6)103-86(91)71-65-59-53-46-40-36-32-31-33-37-42-48-54-60-66-78(3)4/h78-82,87H,7-77H2,1-6H3,(H,92,93)(H,94,95)/t80-,81-,82-/m1/s1. The Morgan fingerprint density at radius 3 is 0.648 bits per heavy atom. The van der Waals surface area contributed by atoms with Crippen molar-refractivity contribution in [1.82, 2.24) is 0 Å². The van der Waals surface area contributed by atoms with Crippen LogP contribution in [0, 0.1) is 11.8 Å². The van der Waals surface area contributed by atoms with Crippen LogP contribution in [0.25, 0.3) is 0 Å². The first kappa shape index (κ1) is 103. The molecule has 0 saturated heterocycles. The van der Waals surface area contributed by atoms with Gasteiger partial charge in [0.15, 0.2) is 12.2 Å². The molecule has 0 aliphatic rings. The third-order valence-electron chi connectivity index (χ3n) is 20.2. The molecule has 5 atom stereocenters. The zero-order valence-corrected chi connectivity index (χ0v) is 70.8. The van der Waals surface area contributed by atoms with Crippen LogP contribution in [0.4, 0.5) is 0 Å². The number of carbonyl (C=O) groups excluding carboxylic acids is 4. The van der Waals surface area contributed by atoms with Gasteiger partial charge in [-0.05, 0) is 37.5 Å². The average Bonchev–Trinajstić information content (AvgIpc) is 0.910. The highest BCUT2D eigenvalue weighted by atomic mass is 31.2. The molecule has 0 saturated carbocycles. The number of ether oxygens (including phenoxy) is 4. The Kier molecular flexibility index (Phi) is 76.0. The quantitative estimate of drug-likeness (QED) is 0.0222. The summed E-state index contributed by atoms with van der Waals surface area (Å²) in [4.78, 5) is 73.3. The van der Waals surface area contributed by atoms with Gasteiger partial charge in [0, 0.05) is 25.7 Å². The topological polar surface area (TPSA) is 237 Å². The minimum Gasteiger partial charge on any atom is -0.462 e. The molecule has 0 aliphatic heterocycles. The predicted molar refractivity (Wildman–Crippen MR) is 432 cm³/mol. The molecule has 105 heavy (non-hydrogen) atoms. The normalized spacial score (nSPS) is 13.8. The summed E-state index contributed by atoms with van der Waals surface area (Å²) in [6.07, 6.45) is 69.4. The van der Waals surface area contributed by atoms with Gasteiger partial charge >= 0.3 is 39.5 Å². The summed E-state index contributed by atoms with van der Waals surface area (Å²) in [5.41, 5.74) is 0. The lowest BCUT2D eigenvalue weighted by atomic mass is 10.0. The first-order valence-corrected chi connectivity index (χ1v) is 47.5. The fraction of sp³-hybridized carbons (Fsp3) is 0.953. The van der Waals surface area contributed by atoms with Crippen LogP contribution in [0.1, 0.15) is 459 Å². The summed E-state index contributed by atoms with van der Waals surface area (Å²) in [6.45, 7) is 9.68. The smallest absolute Gasteiger partial charge is 0.462 e. The van der Waals surface area contributed by atoms with Crippen molar-refractivity contribution in [2.75, 3.05) is 39.6 Å². The van der Waals surface area contributed by atoms with Crippen LogP contribution < -0.4 is 0 Å². The number of hydrogen-bond donors (Lipinski definition) is 3. The second kappa shape index (κ2) is 77.4. The number of aliphatic hydroxyl groups is 1.